The maximum atomic E-state index is 12.6. The predicted octanol–water partition coefficient (Wildman–Crippen LogP) is 4.21. The van der Waals surface area contributed by atoms with E-state index in [9.17, 15) is 14.7 Å². The number of methoxy groups -OCH3 is 1. The number of ether oxygens (including phenoxy) is 3. The molecule has 1 atom stereocenters. The van der Waals surface area contributed by atoms with E-state index < -0.39 is 18.2 Å². The summed E-state index contributed by atoms with van der Waals surface area (Å²) in [6.07, 6.45) is -1.61. The summed E-state index contributed by atoms with van der Waals surface area (Å²) in [6.45, 7) is 5.62. The highest BCUT2D eigenvalue weighted by Gasteiger charge is 2.21. The minimum atomic E-state index is -1.02. The van der Waals surface area contributed by atoms with E-state index >= 15 is 0 Å². The number of carboxylic acid groups (broad SMARTS) is 1. The quantitative estimate of drug-likeness (QED) is 0.533. The largest absolute Gasteiger partial charge is 0.497 e. The summed E-state index contributed by atoms with van der Waals surface area (Å²) in [4.78, 5) is 29.5. The molecule has 0 saturated heterocycles. The molecule has 0 heterocycles. The van der Waals surface area contributed by atoms with Gasteiger partial charge in [-0.25, -0.2) is 9.59 Å². The lowest BCUT2D eigenvalue weighted by Gasteiger charge is -2.21. The van der Waals surface area contributed by atoms with Gasteiger partial charge in [0.1, 0.15) is 12.4 Å². The average molecular weight is 431 g/mol. The SMILES string of the molecule is CCON(C(=O)OCc1cccc(CC(OC(C)C)C(=O)O)c1)c1cccc(OC)c1. The molecule has 0 spiro atoms. The predicted molar refractivity (Wildman–Crippen MR) is 115 cm³/mol. The first-order chi connectivity index (χ1) is 14.8. The molecule has 31 heavy (non-hydrogen) atoms. The molecule has 2 rings (SSSR count). The lowest BCUT2D eigenvalue weighted by Crippen LogP contribution is -2.31. The molecule has 0 aliphatic heterocycles. The van der Waals surface area contributed by atoms with Gasteiger partial charge in [-0.3, -0.25) is 4.84 Å². The molecule has 0 fully saturated rings. The monoisotopic (exact) mass is 431 g/mol. The molecule has 0 aliphatic rings. The van der Waals surface area contributed by atoms with Crippen LogP contribution in [-0.4, -0.2) is 43.1 Å². The van der Waals surface area contributed by atoms with E-state index in [1.54, 1.807) is 63.2 Å². The summed E-state index contributed by atoms with van der Waals surface area (Å²) in [5, 5.41) is 10.4. The van der Waals surface area contributed by atoms with Gasteiger partial charge in [-0.15, -0.1) is 0 Å². The van der Waals surface area contributed by atoms with Gasteiger partial charge in [0.05, 0.1) is 25.5 Å². The molecule has 2 aromatic carbocycles. The van der Waals surface area contributed by atoms with Crippen LogP contribution in [0.15, 0.2) is 48.5 Å². The van der Waals surface area contributed by atoms with Gasteiger partial charge in [-0.2, -0.15) is 5.06 Å². The Bertz CT molecular complexity index is 869. The summed E-state index contributed by atoms with van der Waals surface area (Å²) in [6, 6.07) is 14.1. The summed E-state index contributed by atoms with van der Waals surface area (Å²) in [7, 11) is 1.54. The average Bonchev–Trinajstić information content (AvgIpc) is 2.75. The van der Waals surface area contributed by atoms with Crippen LogP contribution in [0.4, 0.5) is 10.5 Å². The van der Waals surface area contributed by atoms with Crippen molar-refractivity contribution in [2.24, 2.45) is 0 Å². The number of carbonyl (C=O) groups is 2. The third kappa shape index (κ3) is 7.58. The summed E-state index contributed by atoms with van der Waals surface area (Å²) >= 11 is 0. The molecule has 0 radical (unpaired) electrons. The Morgan fingerprint density at radius 3 is 2.42 bits per heavy atom. The van der Waals surface area contributed by atoms with Gasteiger partial charge >= 0.3 is 12.1 Å². The second kappa shape index (κ2) is 11.9. The number of carboxylic acids is 1. The highest BCUT2D eigenvalue weighted by molar-refractivity contribution is 5.85. The van der Waals surface area contributed by atoms with Crippen LogP contribution in [0, 0.1) is 0 Å². The first-order valence-electron chi connectivity index (χ1n) is 10.0. The van der Waals surface area contributed by atoms with E-state index in [-0.39, 0.29) is 25.7 Å². The van der Waals surface area contributed by atoms with Crippen molar-refractivity contribution < 1.29 is 33.7 Å². The number of anilines is 1. The number of amides is 1. The van der Waals surface area contributed by atoms with Gasteiger partial charge in [-0.1, -0.05) is 30.3 Å². The fraction of sp³-hybridized carbons (Fsp3) is 0.391. The van der Waals surface area contributed by atoms with Gasteiger partial charge in [0, 0.05) is 12.5 Å². The highest BCUT2D eigenvalue weighted by Crippen LogP contribution is 2.22. The molecule has 1 unspecified atom stereocenters. The van der Waals surface area contributed by atoms with Crippen molar-refractivity contribution in [3.05, 3.63) is 59.7 Å². The minimum Gasteiger partial charge on any atom is -0.497 e. The van der Waals surface area contributed by atoms with E-state index in [0.717, 1.165) is 16.2 Å². The second-order valence-corrected chi connectivity index (χ2v) is 7.00. The minimum absolute atomic E-state index is 0.00297. The number of nitrogens with zero attached hydrogens (tertiary/aromatic N) is 1. The zero-order chi connectivity index (χ0) is 22.8. The zero-order valence-electron chi connectivity index (χ0n) is 18.2. The van der Waals surface area contributed by atoms with Crippen molar-refractivity contribution in [1.29, 1.82) is 0 Å². The number of rotatable bonds is 11. The van der Waals surface area contributed by atoms with Gasteiger partial charge in [-0.05, 0) is 44.0 Å². The fourth-order valence-corrected chi connectivity index (χ4v) is 2.88. The Labute approximate surface area is 182 Å². The molecule has 8 nitrogen and oxygen atoms in total. The fourth-order valence-electron chi connectivity index (χ4n) is 2.88. The Morgan fingerprint density at radius 1 is 1.06 bits per heavy atom. The molecule has 0 bridgehead atoms. The van der Waals surface area contributed by atoms with Crippen LogP contribution in [0.5, 0.6) is 5.75 Å². The van der Waals surface area contributed by atoms with Crippen LogP contribution < -0.4 is 9.80 Å². The number of benzene rings is 2. The van der Waals surface area contributed by atoms with E-state index in [0.29, 0.717) is 11.4 Å². The zero-order valence-corrected chi connectivity index (χ0v) is 18.2. The topological polar surface area (TPSA) is 94.5 Å². The maximum absolute atomic E-state index is 12.6. The first-order valence-corrected chi connectivity index (χ1v) is 10.0. The van der Waals surface area contributed by atoms with Crippen molar-refractivity contribution >= 4 is 17.7 Å². The number of hydrogen-bond acceptors (Lipinski definition) is 6. The lowest BCUT2D eigenvalue weighted by molar-refractivity contribution is -0.153. The van der Waals surface area contributed by atoms with Crippen LogP contribution in [0.1, 0.15) is 31.9 Å². The Kier molecular flexibility index (Phi) is 9.30. The Hall–Kier alpha value is -3.10. The molecule has 0 saturated carbocycles. The van der Waals surface area contributed by atoms with Crippen molar-refractivity contribution in [2.75, 3.05) is 18.8 Å². The Balaban J connectivity index is 2.06. The summed E-state index contributed by atoms with van der Waals surface area (Å²) in [5.74, 6) is -0.435. The smallest absolute Gasteiger partial charge is 0.439 e. The Morgan fingerprint density at radius 2 is 1.77 bits per heavy atom. The number of carbonyl (C=O) groups excluding carboxylic acids is 1. The molecule has 0 aliphatic carbocycles. The normalized spacial score (nSPS) is 11.8. The summed E-state index contributed by atoms with van der Waals surface area (Å²) < 4.78 is 16.1. The van der Waals surface area contributed by atoms with E-state index in [4.69, 9.17) is 19.0 Å². The van der Waals surface area contributed by atoms with Crippen LogP contribution in [0.2, 0.25) is 0 Å². The van der Waals surface area contributed by atoms with Crippen LogP contribution in [0.25, 0.3) is 0 Å². The molecule has 8 heteroatoms. The first kappa shape index (κ1) is 24.2. The third-order valence-corrected chi connectivity index (χ3v) is 4.20. The lowest BCUT2D eigenvalue weighted by atomic mass is 10.0. The van der Waals surface area contributed by atoms with Crippen molar-refractivity contribution in [3.63, 3.8) is 0 Å². The van der Waals surface area contributed by atoms with Crippen LogP contribution >= 0.6 is 0 Å². The van der Waals surface area contributed by atoms with Crippen LogP contribution in [-0.2, 0) is 32.1 Å². The molecular weight excluding hydrogens is 402 g/mol. The van der Waals surface area contributed by atoms with E-state index in [1.807, 2.05) is 6.07 Å². The molecule has 168 valence electrons. The van der Waals surface area contributed by atoms with Crippen molar-refractivity contribution in [1.82, 2.24) is 0 Å². The maximum Gasteiger partial charge on any atom is 0.439 e. The van der Waals surface area contributed by atoms with Crippen LogP contribution in [0.3, 0.4) is 0 Å². The molecule has 1 amide bonds. The standard InChI is InChI=1S/C23H29NO7/c1-5-30-24(19-10-7-11-20(14-19)28-4)23(27)29-15-18-9-6-8-17(12-18)13-21(22(25)26)31-16(2)3/h6-12,14,16,21H,5,13,15H2,1-4H3,(H,25,26). The number of hydroxylamine groups is 1. The summed E-state index contributed by atoms with van der Waals surface area (Å²) in [5.41, 5.74) is 1.98. The molecule has 1 N–H and O–H groups in total. The van der Waals surface area contributed by atoms with Gasteiger partial charge in [0.15, 0.2) is 6.10 Å². The number of hydrogen-bond donors (Lipinski definition) is 1. The van der Waals surface area contributed by atoms with Crippen molar-refractivity contribution in [2.45, 2.75) is 46.0 Å². The van der Waals surface area contributed by atoms with Gasteiger partial charge < -0.3 is 19.3 Å². The van der Waals surface area contributed by atoms with E-state index in [1.165, 1.54) is 7.11 Å². The molecule has 2 aromatic rings. The van der Waals surface area contributed by atoms with Gasteiger partial charge in [0.25, 0.3) is 0 Å². The van der Waals surface area contributed by atoms with Gasteiger partial charge in [0.2, 0.25) is 0 Å². The van der Waals surface area contributed by atoms with Crippen molar-refractivity contribution in [3.8, 4) is 5.75 Å². The second-order valence-electron chi connectivity index (χ2n) is 7.00. The van der Waals surface area contributed by atoms with E-state index in [2.05, 4.69) is 0 Å². The number of aliphatic carboxylic acids is 1. The highest BCUT2D eigenvalue weighted by atomic mass is 16.7. The third-order valence-electron chi connectivity index (χ3n) is 4.20. The molecule has 0 aromatic heterocycles. The molecular formula is C23H29NO7.